The van der Waals surface area contributed by atoms with E-state index < -0.39 is 23.6 Å². The summed E-state index contributed by atoms with van der Waals surface area (Å²) < 4.78 is 40.5. The Bertz CT molecular complexity index is 724. The number of carboxylic acids is 1. The van der Waals surface area contributed by atoms with Gasteiger partial charge in [-0.2, -0.15) is 18.3 Å². The van der Waals surface area contributed by atoms with Crippen molar-refractivity contribution in [2.24, 2.45) is 5.92 Å². The van der Waals surface area contributed by atoms with E-state index >= 15 is 0 Å². The van der Waals surface area contributed by atoms with Gasteiger partial charge in [-0.05, 0) is 12.5 Å². The number of benzene rings is 1. The molecule has 1 aromatic heterocycles. The molecule has 8 heteroatoms. The number of rotatable bonds is 2. The second-order valence-corrected chi connectivity index (χ2v) is 5.15. The summed E-state index contributed by atoms with van der Waals surface area (Å²) in [5.74, 6) is -1.02. The molecule has 0 aliphatic carbocycles. The van der Waals surface area contributed by atoms with Gasteiger partial charge in [0, 0.05) is 12.0 Å². The van der Waals surface area contributed by atoms with Gasteiger partial charge >= 0.3 is 12.1 Å². The highest BCUT2D eigenvalue weighted by Crippen LogP contribution is 2.36. The van der Waals surface area contributed by atoms with Crippen molar-refractivity contribution in [2.75, 3.05) is 0 Å². The van der Waals surface area contributed by atoms with Gasteiger partial charge in [0.2, 0.25) is 0 Å². The van der Waals surface area contributed by atoms with Crippen molar-refractivity contribution in [3.8, 4) is 11.4 Å². The van der Waals surface area contributed by atoms with Crippen LogP contribution in [0, 0.1) is 5.92 Å². The third kappa shape index (κ3) is 2.56. The Kier molecular flexibility index (Phi) is 3.38. The molecule has 22 heavy (non-hydrogen) atoms. The molecule has 0 saturated carbocycles. The van der Waals surface area contributed by atoms with Gasteiger partial charge in [-0.3, -0.25) is 4.79 Å². The zero-order valence-electron chi connectivity index (χ0n) is 11.3. The van der Waals surface area contributed by atoms with E-state index in [1.807, 2.05) is 0 Å². The van der Waals surface area contributed by atoms with Gasteiger partial charge in [-0.15, -0.1) is 0 Å². The highest BCUT2D eigenvalue weighted by atomic mass is 19.4. The van der Waals surface area contributed by atoms with E-state index in [1.165, 1.54) is 22.9 Å². The van der Waals surface area contributed by atoms with Crippen LogP contribution in [0.3, 0.4) is 0 Å². The van der Waals surface area contributed by atoms with Crippen LogP contribution < -0.4 is 0 Å². The van der Waals surface area contributed by atoms with Crippen LogP contribution in [0.4, 0.5) is 13.2 Å². The Morgan fingerprint density at radius 3 is 2.73 bits per heavy atom. The highest BCUT2D eigenvalue weighted by Gasteiger charge is 2.35. The van der Waals surface area contributed by atoms with Gasteiger partial charge in [-0.25, -0.2) is 9.67 Å². The Morgan fingerprint density at radius 1 is 1.32 bits per heavy atom. The summed E-state index contributed by atoms with van der Waals surface area (Å²) in [4.78, 5) is 15.2. The van der Waals surface area contributed by atoms with E-state index in [9.17, 15) is 18.0 Å². The molecule has 2 aromatic rings. The molecule has 116 valence electrons. The summed E-state index contributed by atoms with van der Waals surface area (Å²) in [7, 11) is 0. The second-order valence-electron chi connectivity index (χ2n) is 5.15. The Morgan fingerprint density at radius 2 is 2.05 bits per heavy atom. The maximum Gasteiger partial charge on any atom is 0.417 e. The molecule has 2 heterocycles. The summed E-state index contributed by atoms with van der Waals surface area (Å²) in [5, 5.41) is 13.1. The third-order valence-corrected chi connectivity index (χ3v) is 3.68. The molecule has 0 amide bonds. The fraction of sp³-hybridized carbons (Fsp3) is 0.357. The number of hydrogen-bond donors (Lipinski definition) is 1. The van der Waals surface area contributed by atoms with Gasteiger partial charge in [-0.1, -0.05) is 18.2 Å². The number of aromatic nitrogens is 3. The van der Waals surface area contributed by atoms with Gasteiger partial charge in [0.15, 0.2) is 5.82 Å². The quantitative estimate of drug-likeness (QED) is 0.925. The third-order valence-electron chi connectivity index (χ3n) is 3.68. The van der Waals surface area contributed by atoms with Gasteiger partial charge < -0.3 is 5.11 Å². The minimum atomic E-state index is -4.49. The average molecular weight is 311 g/mol. The molecule has 0 radical (unpaired) electrons. The zero-order chi connectivity index (χ0) is 15.9. The molecule has 1 aromatic carbocycles. The Labute approximate surface area is 123 Å². The van der Waals surface area contributed by atoms with Crippen molar-refractivity contribution in [3.63, 3.8) is 0 Å². The zero-order valence-corrected chi connectivity index (χ0v) is 11.3. The van der Waals surface area contributed by atoms with Gasteiger partial charge in [0.25, 0.3) is 0 Å². The van der Waals surface area contributed by atoms with E-state index in [2.05, 4.69) is 10.1 Å². The van der Waals surface area contributed by atoms with Crippen molar-refractivity contribution >= 4 is 5.97 Å². The number of nitrogens with zero attached hydrogens (tertiary/aromatic N) is 3. The summed E-state index contributed by atoms with van der Waals surface area (Å²) in [6.45, 7) is 0.131. The normalized spacial score (nSPS) is 18.0. The molecule has 1 atom stereocenters. The number of carboxylic acid groups (broad SMARTS) is 1. The average Bonchev–Trinajstić information content (AvgIpc) is 2.89. The number of hydrogen-bond acceptors (Lipinski definition) is 3. The lowest BCUT2D eigenvalue weighted by Crippen LogP contribution is -2.27. The first-order valence-corrected chi connectivity index (χ1v) is 6.69. The molecule has 0 bridgehead atoms. The molecule has 5 nitrogen and oxygen atoms in total. The van der Waals surface area contributed by atoms with Gasteiger partial charge in [0.05, 0.1) is 18.0 Å². The van der Waals surface area contributed by atoms with Crippen molar-refractivity contribution in [1.82, 2.24) is 14.8 Å². The molecule has 1 N–H and O–H groups in total. The summed E-state index contributed by atoms with van der Waals surface area (Å²) in [6.07, 6.45) is -3.70. The number of carbonyl (C=O) groups is 1. The van der Waals surface area contributed by atoms with E-state index in [0.29, 0.717) is 18.7 Å². The van der Waals surface area contributed by atoms with E-state index in [4.69, 9.17) is 5.11 Å². The number of halogens is 3. The van der Waals surface area contributed by atoms with Crippen LogP contribution in [0.2, 0.25) is 0 Å². The standard InChI is InChI=1S/C14H12F3N3O2/c15-14(16,17)10-4-2-1-3-9(10)12-18-11-6-5-8(13(21)22)7-20(11)19-12/h1-4,8H,5-7H2,(H,21,22). The van der Waals surface area contributed by atoms with Crippen molar-refractivity contribution in [1.29, 1.82) is 0 Å². The molecule has 0 saturated heterocycles. The Balaban J connectivity index is 2.01. The first kappa shape index (κ1) is 14.6. The fourth-order valence-electron chi connectivity index (χ4n) is 2.55. The fourth-order valence-corrected chi connectivity index (χ4v) is 2.55. The molecule has 0 spiro atoms. The molecular weight excluding hydrogens is 299 g/mol. The Hall–Kier alpha value is -2.38. The number of aliphatic carboxylic acids is 1. The predicted molar refractivity (Wildman–Crippen MR) is 69.9 cm³/mol. The molecule has 1 unspecified atom stereocenters. The number of fused-ring (bicyclic) bond motifs is 1. The lowest BCUT2D eigenvalue weighted by Gasteiger charge is -2.18. The van der Waals surface area contributed by atoms with Crippen LogP contribution in [0.15, 0.2) is 24.3 Å². The lowest BCUT2D eigenvalue weighted by atomic mass is 10.0. The van der Waals surface area contributed by atoms with Crippen molar-refractivity contribution in [2.45, 2.75) is 25.6 Å². The summed E-state index contributed by atoms with van der Waals surface area (Å²) in [5.41, 5.74) is -0.892. The summed E-state index contributed by atoms with van der Waals surface area (Å²) >= 11 is 0. The van der Waals surface area contributed by atoms with Crippen molar-refractivity contribution in [3.05, 3.63) is 35.7 Å². The molecule has 0 fully saturated rings. The van der Waals surface area contributed by atoms with Gasteiger partial charge in [0.1, 0.15) is 5.82 Å². The number of alkyl halides is 3. The smallest absolute Gasteiger partial charge is 0.417 e. The SMILES string of the molecule is O=C(O)C1CCc2nc(-c3ccccc3C(F)(F)F)nn2C1. The van der Waals surface area contributed by atoms with Crippen LogP contribution >= 0.6 is 0 Å². The maximum atomic E-state index is 13.0. The topological polar surface area (TPSA) is 68.0 Å². The lowest BCUT2D eigenvalue weighted by molar-refractivity contribution is -0.143. The molecule has 1 aliphatic heterocycles. The van der Waals surface area contributed by atoms with Crippen LogP contribution in [-0.2, 0) is 23.9 Å². The van der Waals surface area contributed by atoms with Crippen LogP contribution in [0.25, 0.3) is 11.4 Å². The maximum absolute atomic E-state index is 13.0. The minimum Gasteiger partial charge on any atom is -0.481 e. The first-order valence-electron chi connectivity index (χ1n) is 6.69. The van der Waals surface area contributed by atoms with Crippen LogP contribution in [0.1, 0.15) is 17.8 Å². The highest BCUT2D eigenvalue weighted by molar-refractivity contribution is 5.70. The molecule has 3 rings (SSSR count). The predicted octanol–water partition coefficient (Wildman–Crippen LogP) is 2.61. The van der Waals surface area contributed by atoms with Crippen LogP contribution in [0.5, 0.6) is 0 Å². The monoisotopic (exact) mass is 311 g/mol. The van der Waals surface area contributed by atoms with E-state index in [0.717, 1.165) is 6.07 Å². The van der Waals surface area contributed by atoms with Crippen LogP contribution in [-0.4, -0.2) is 25.8 Å². The number of aryl methyl sites for hydroxylation is 1. The van der Waals surface area contributed by atoms with E-state index in [1.54, 1.807) is 0 Å². The minimum absolute atomic E-state index is 0.0195. The van der Waals surface area contributed by atoms with Crippen molar-refractivity contribution < 1.29 is 23.1 Å². The molecular formula is C14H12F3N3O2. The molecule has 1 aliphatic rings. The van der Waals surface area contributed by atoms with E-state index in [-0.39, 0.29) is 17.9 Å². The first-order chi connectivity index (χ1) is 10.4. The summed E-state index contributed by atoms with van der Waals surface area (Å²) in [6, 6.07) is 5.10. The second kappa shape index (κ2) is 5.11. The largest absolute Gasteiger partial charge is 0.481 e.